The van der Waals surface area contributed by atoms with Crippen molar-refractivity contribution in [1.29, 1.82) is 0 Å². The van der Waals surface area contributed by atoms with Crippen LogP contribution in [-0.2, 0) is 19.6 Å². The van der Waals surface area contributed by atoms with Gasteiger partial charge in [-0.2, -0.15) is 4.89 Å². The van der Waals surface area contributed by atoms with Gasteiger partial charge in [0, 0.05) is 0 Å². The first-order chi connectivity index (χ1) is 8.02. The van der Waals surface area contributed by atoms with E-state index in [1.807, 2.05) is 27.7 Å². The summed E-state index contributed by atoms with van der Waals surface area (Å²) in [5, 5.41) is 4.46. The van der Waals surface area contributed by atoms with Crippen molar-refractivity contribution in [3.05, 3.63) is 0 Å². The Morgan fingerprint density at radius 1 is 1.11 bits per heavy atom. The number of carbonyl (C=O) groups is 1. The smallest absolute Gasteiger partial charge is 0.432 e. The third-order valence-electron chi connectivity index (χ3n) is 1.85. The molecule has 0 amide bonds. The Morgan fingerprint density at radius 3 is 2.11 bits per heavy atom. The van der Waals surface area contributed by atoms with Gasteiger partial charge in [0.05, 0.1) is 6.61 Å². The highest BCUT2D eigenvalue weighted by Gasteiger charge is 2.28. The van der Waals surface area contributed by atoms with Crippen molar-refractivity contribution in [1.82, 2.24) is 0 Å². The lowest BCUT2D eigenvalue weighted by Gasteiger charge is -2.29. The average molecular weight is 262 g/mol. The van der Waals surface area contributed by atoms with Gasteiger partial charge in [0.25, 0.3) is 0 Å². The van der Waals surface area contributed by atoms with Crippen molar-refractivity contribution in [2.75, 3.05) is 6.61 Å². The molecule has 0 aromatic heterocycles. The van der Waals surface area contributed by atoms with Gasteiger partial charge in [-0.3, -0.25) is 0 Å². The molecule has 0 aromatic carbocycles. The maximum Gasteiger partial charge on any atom is 0.542 e. The van der Waals surface area contributed by atoms with Crippen LogP contribution in [0.25, 0.3) is 0 Å². The number of carbonyl (C=O) groups excluding carboxylic acids is 1. The van der Waals surface area contributed by atoms with Crippen LogP contribution in [0, 0.1) is 11.3 Å². The van der Waals surface area contributed by atoms with Gasteiger partial charge in [0.2, 0.25) is 0 Å². The summed E-state index contributed by atoms with van der Waals surface area (Å²) in [6, 6.07) is 0. The second-order valence-corrected chi connectivity index (χ2v) is 6.69. The van der Waals surface area contributed by atoms with E-state index in [0.717, 1.165) is 6.42 Å². The molecular weight excluding hydrogens is 236 g/mol. The fourth-order valence-electron chi connectivity index (χ4n) is 1.70. The van der Waals surface area contributed by atoms with Gasteiger partial charge < -0.3 is 4.74 Å². The summed E-state index contributed by atoms with van der Waals surface area (Å²) in [4.78, 5) is 20.5. The molecular formula is C13H26O5. The molecule has 0 aliphatic carbocycles. The molecule has 0 fully saturated rings. The number of hydrogen-bond acceptors (Lipinski definition) is 5. The van der Waals surface area contributed by atoms with Crippen LogP contribution in [0.1, 0.15) is 54.9 Å². The number of hydrogen-bond donors (Lipinski definition) is 0. The van der Waals surface area contributed by atoms with Crippen LogP contribution in [-0.4, -0.2) is 18.4 Å². The van der Waals surface area contributed by atoms with Gasteiger partial charge in [0.1, 0.15) is 5.60 Å². The van der Waals surface area contributed by atoms with Gasteiger partial charge in [-0.25, -0.2) is 9.68 Å². The molecule has 5 heteroatoms. The quantitative estimate of drug-likeness (QED) is 0.413. The largest absolute Gasteiger partial charge is 0.542 e. The van der Waals surface area contributed by atoms with Gasteiger partial charge >= 0.3 is 6.16 Å². The van der Waals surface area contributed by atoms with Crippen LogP contribution < -0.4 is 0 Å². The number of ether oxygens (including phenoxy) is 1. The lowest BCUT2D eigenvalue weighted by atomic mass is 9.84. The van der Waals surface area contributed by atoms with Crippen molar-refractivity contribution in [3.63, 3.8) is 0 Å². The predicted octanol–water partition coefficient (Wildman–Crippen LogP) is 3.87. The second kappa shape index (κ2) is 6.95. The summed E-state index contributed by atoms with van der Waals surface area (Å²) in [5.41, 5.74) is -0.457. The van der Waals surface area contributed by atoms with E-state index in [9.17, 15) is 4.79 Å². The summed E-state index contributed by atoms with van der Waals surface area (Å²) in [6.07, 6.45) is -0.139. The van der Waals surface area contributed by atoms with E-state index >= 15 is 0 Å². The lowest BCUT2D eigenvalue weighted by molar-refractivity contribution is -0.518. The highest BCUT2D eigenvalue weighted by atomic mass is 17.5. The first-order valence-corrected chi connectivity index (χ1v) is 6.21. The molecule has 0 rings (SSSR count). The minimum Gasteiger partial charge on any atom is -0.432 e. The molecule has 0 aromatic rings. The third-order valence-corrected chi connectivity index (χ3v) is 1.85. The highest BCUT2D eigenvalue weighted by molar-refractivity contribution is 5.58. The standard InChI is InChI=1S/C13H26O5/c1-10(2)8-15-11(14)16-18-17-13(6,7)9-12(3,4)5/h10H,8-9H2,1-7H3. The molecule has 0 aliphatic rings. The van der Waals surface area contributed by atoms with E-state index in [2.05, 4.69) is 30.7 Å². The van der Waals surface area contributed by atoms with E-state index in [0.29, 0.717) is 0 Å². The lowest BCUT2D eigenvalue weighted by Crippen LogP contribution is -2.31. The van der Waals surface area contributed by atoms with Crippen LogP contribution in [0.3, 0.4) is 0 Å². The Kier molecular flexibility index (Phi) is 6.63. The van der Waals surface area contributed by atoms with Crippen molar-refractivity contribution in [3.8, 4) is 0 Å². The maximum absolute atomic E-state index is 11.1. The van der Waals surface area contributed by atoms with Crippen LogP contribution >= 0.6 is 0 Å². The van der Waals surface area contributed by atoms with Crippen molar-refractivity contribution >= 4 is 6.16 Å². The summed E-state index contributed by atoms with van der Waals surface area (Å²) >= 11 is 0. The summed E-state index contributed by atoms with van der Waals surface area (Å²) in [6.45, 7) is 14.1. The maximum atomic E-state index is 11.1. The van der Waals surface area contributed by atoms with Gasteiger partial charge in [-0.05, 0) is 36.6 Å². The first-order valence-electron chi connectivity index (χ1n) is 6.21. The van der Waals surface area contributed by atoms with E-state index in [4.69, 9.17) is 9.62 Å². The van der Waals surface area contributed by atoms with E-state index in [1.54, 1.807) is 0 Å². The molecule has 0 aliphatic heterocycles. The fraction of sp³-hybridized carbons (Fsp3) is 0.923. The molecule has 108 valence electrons. The molecule has 0 spiro atoms. The zero-order chi connectivity index (χ0) is 14.4. The summed E-state index contributed by atoms with van der Waals surface area (Å²) in [7, 11) is 0. The van der Waals surface area contributed by atoms with Crippen molar-refractivity contribution in [2.45, 2.75) is 60.5 Å². The predicted molar refractivity (Wildman–Crippen MR) is 67.6 cm³/mol. The average Bonchev–Trinajstić information content (AvgIpc) is 2.10. The Morgan fingerprint density at radius 2 is 1.67 bits per heavy atom. The molecule has 5 nitrogen and oxygen atoms in total. The van der Waals surface area contributed by atoms with Crippen LogP contribution in [0.5, 0.6) is 0 Å². The minimum absolute atomic E-state index is 0.0883. The van der Waals surface area contributed by atoms with Crippen molar-refractivity contribution < 1.29 is 24.3 Å². The Bertz CT molecular complexity index is 253. The summed E-state index contributed by atoms with van der Waals surface area (Å²) < 4.78 is 4.75. The molecule has 0 saturated carbocycles. The molecule has 0 bridgehead atoms. The fourth-order valence-corrected chi connectivity index (χ4v) is 1.70. The zero-order valence-electron chi connectivity index (χ0n) is 12.5. The molecule has 0 atom stereocenters. The molecule has 0 N–H and O–H groups in total. The molecule has 18 heavy (non-hydrogen) atoms. The Balaban J connectivity index is 3.86. The van der Waals surface area contributed by atoms with Crippen LogP contribution in [0.4, 0.5) is 4.79 Å². The first kappa shape index (κ1) is 17.2. The monoisotopic (exact) mass is 262 g/mol. The molecule has 0 saturated heterocycles. The van der Waals surface area contributed by atoms with E-state index in [-0.39, 0.29) is 17.9 Å². The zero-order valence-corrected chi connectivity index (χ0v) is 12.5. The Hall–Kier alpha value is -0.810. The second-order valence-electron chi connectivity index (χ2n) is 6.69. The normalized spacial score (nSPS) is 12.7. The van der Waals surface area contributed by atoms with Crippen molar-refractivity contribution in [2.24, 2.45) is 11.3 Å². The van der Waals surface area contributed by atoms with Crippen LogP contribution in [0.15, 0.2) is 0 Å². The molecule has 0 radical (unpaired) electrons. The SMILES string of the molecule is CC(C)COC(=O)OOOC(C)(C)CC(C)(C)C. The van der Waals surface area contributed by atoms with Gasteiger partial charge in [-0.1, -0.05) is 34.6 Å². The summed E-state index contributed by atoms with van der Waals surface area (Å²) in [5.74, 6) is 0.246. The van der Waals surface area contributed by atoms with Gasteiger partial charge in [-0.15, -0.1) is 0 Å². The van der Waals surface area contributed by atoms with E-state index < -0.39 is 11.8 Å². The number of rotatable bonds is 6. The highest BCUT2D eigenvalue weighted by Crippen LogP contribution is 2.29. The third kappa shape index (κ3) is 10.4. The Labute approximate surface area is 110 Å². The molecule has 0 heterocycles. The van der Waals surface area contributed by atoms with E-state index in [1.165, 1.54) is 0 Å². The molecule has 0 unspecified atom stereocenters. The topological polar surface area (TPSA) is 54.0 Å². The minimum atomic E-state index is -0.893. The van der Waals surface area contributed by atoms with Gasteiger partial charge in [0.15, 0.2) is 0 Å². The van der Waals surface area contributed by atoms with Crippen LogP contribution in [0.2, 0.25) is 0 Å².